The van der Waals surface area contributed by atoms with Gasteiger partial charge in [-0.1, -0.05) is 26.0 Å². The van der Waals surface area contributed by atoms with Crippen molar-refractivity contribution < 1.29 is 9.90 Å². The lowest BCUT2D eigenvalue weighted by Crippen LogP contribution is -2.38. The van der Waals surface area contributed by atoms with Gasteiger partial charge in [-0.15, -0.1) is 0 Å². The largest absolute Gasteiger partial charge is 0.480 e. The van der Waals surface area contributed by atoms with E-state index in [0.717, 1.165) is 31.8 Å². The van der Waals surface area contributed by atoms with Gasteiger partial charge in [0.15, 0.2) is 0 Å². The summed E-state index contributed by atoms with van der Waals surface area (Å²) < 4.78 is 0. The van der Waals surface area contributed by atoms with Gasteiger partial charge in [0, 0.05) is 32.7 Å². The minimum absolute atomic E-state index is 0.0208. The lowest BCUT2D eigenvalue weighted by atomic mass is 10.3. The fraction of sp³-hybridized carbons (Fsp3) is 0.769. The first-order chi connectivity index (χ1) is 8.56. The third-order valence-electron chi connectivity index (χ3n) is 2.05. The SMILES string of the molecule is C=C(C)CN(CCNC)CCNCC(=O)O.CC. The van der Waals surface area contributed by atoms with Gasteiger partial charge in [0.05, 0.1) is 6.54 Å². The summed E-state index contributed by atoms with van der Waals surface area (Å²) in [6, 6.07) is 0. The second kappa shape index (κ2) is 14.2. The molecular weight excluding hydrogens is 230 g/mol. The number of nitrogens with one attached hydrogen (secondary N) is 2. The van der Waals surface area contributed by atoms with Crippen molar-refractivity contribution in [1.82, 2.24) is 15.5 Å². The van der Waals surface area contributed by atoms with Crippen LogP contribution < -0.4 is 10.6 Å². The van der Waals surface area contributed by atoms with Gasteiger partial charge >= 0.3 is 5.97 Å². The molecule has 0 heterocycles. The molecule has 0 amide bonds. The molecule has 0 aliphatic carbocycles. The molecule has 3 N–H and O–H groups in total. The van der Waals surface area contributed by atoms with Gasteiger partial charge in [0.2, 0.25) is 0 Å². The Kier molecular flexibility index (Phi) is 15.3. The standard InChI is InChI=1S/C11H23N3O2.C2H6/c1-10(2)9-14(6-4-12-3)7-5-13-8-11(15)16;1-2/h12-13H,1,4-9H2,2-3H3,(H,15,16);1-2H3. The summed E-state index contributed by atoms with van der Waals surface area (Å²) >= 11 is 0. The van der Waals surface area contributed by atoms with Crippen molar-refractivity contribution in [1.29, 1.82) is 0 Å². The summed E-state index contributed by atoms with van der Waals surface area (Å²) in [7, 11) is 1.92. The molecule has 0 rings (SSSR count). The molecule has 0 aromatic carbocycles. The highest BCUT2D eigenvalue weighted by Crippen LogP contribution is 1.94. The van der Waals surface area contributed by atoms with E-state index in [2.05, 4.69) is 22.1 Å². The van der Waals surface area contributed by atoms with E-state index in [1.165, 1.54) is 0 Å². The number of carboxylic acids is 1. The smallest absolute Gasteiger partial charge is 0.317 e. The quantitative estimate of drug-likeness (QED) is 0.400. The first-order valence-electron chi connectivity index (χ1n) is 6.50. The van der Waals surface area contributed by atoms with E-state index in [1.807, 2.05) is 27.8 Å². The van der Waals surface area contributed by atoms with Crippen LogP contribution in [0.5, 0.6) is 0 Å². The fourth-order valence-electron chi connectivity index (χ4n) is 1.35. The number of likely N-dealkylation sites (N-methyl/N-ethyl adjacent to an activating group) is 1. The first kappa shape index (κ1) is 19.4. The van der Waals surface area contributed by atoms with Crippen molar-refractivity contribution in [2.75, 3.05) is 46.3 Å². The van der Waals surface area contributed by atoms with Crippen molar-refractivity contribution in [3.05, 3.63) is 12.2 Å². The predicted molar refractivity (Wildman–Crippen MR) is 77.0 cm³/mol. The summed E-state index contributed by atoms with van der Waals surface area (Å²) in [6.07, 6.45) is 0. The van der Waals surface area contributed by atoms with E-state index in [1.54, 1.807) is 0 Å². The minimum Gasteiger partial charge on any atom is -0.480 e. The van der Waals surface area contributed by atoms with Crippen LogP contribution in [-0.2, 0) is 4.79 Å². The van der Waals surface area contributed by atoms with Crippen LogP contribution in [0, 0.1) is 0 Å². The molecule has 0 aromatic rings. The number of hydrogen-bond donors (Lipinski definition) is 3. The molecule has 0 aromatic heterocycles. The Hall–Kier alpha value is -0.910. The molecule has 0 atom stereocenters. The number of carbonyl (C=O) groups is 1. The maximum Gasteiger partial charge on any atom is 0.317 e. The normalized spacial score (nSPS) is 9.83. The van der Waals surface area contributed by atoms with Crippen LogP contribution in [0.15, 0.2) is 12.2 Å². The summed E-state index contributed by atoms with van der Waals surface area (Å²) in [5, 5.41) is 14.4. The zero-order valence-electron chi connectivity index (χ0n) is 12.3. The third kappa shape index (κ3) is 15.1. The highest BCUT2D eigenvalue weighted by Gasteiger charge is 2.04. The molecule has 0 saturated carbocycles. The molecule has 0 fully saturated rings. The summed E-state index contributed by atoms with van der Waals surface area (Å²) in [5.74, 6) is -0.818. The van der Waals surface area contributed by atoms with Crippen LogP contribution in [-0.4, -0.2) is 62.3 Å². The van der Waals surface area contributed by atoms with E-state index in [9.17, 15) is 4.79 Å². The number of aliphatic carboxylic acids is 1. The molecule has 0 aliphatic rings. The second-order valence-corrected chi connectivity index (χ2v) is 3.91. The molecule has 0 bridgehead atoms. The number of nitrogens with zero attached hydrogens (tertiary/aromatic N) is 1. The van der Waals surface area contributed by atoms with Gasteiger partial charge < -0.3 is 15.7 Å². The van der Waals surface area contributed by atoms with Gasteiger partial charge in [-0.05, 0) is 14.0 Å². The van der Waals surface area contributed by atoms with Crippen molar-refractivity contribution in [2.24, 2.45) is 0 Å². The Bertz CT molecular complexity index is 220. The molecule has 0 radical (unpaired) electrons. The maximum atomic E-state index is 10.3. The molecule has 0 aliphatic heterocycles. The van der Waals surface area contributed by atoms with Gasteiger partial charge in [-0.3, -0.25) is 9.69 Å². The average Bonchev–Trinajstić information content (AvgIpc) is 2.33. The molecule has 5 heteroatoms. The van der Waals surface area contributed by atoms with Crippen LogP contribution in [0.25, 0.3) is 0 Å². The Labute approximate surface area is 111 Å². The van der Waals surface area contributed by atoms with E-state index in [0.29, 0.717) is 6.54 Å². The first-order valence-corrected chi connectivity index (χ1v) is 6.50. The minimum atomic E-state index is -0.818. The molecule has 0 saturated heterocycles. The van der Waals surface area contributed by atoms with E-state index < -0.39 is 5.97 Å². The lowest BCUT2D eigenvalue weighted by molar-refractivity contribution is -0.135. The number of rotatable bonds is 10. The zero-order chi connectivity index (χ0) is 14.4. The zero-order valence-corrected chi connectivity index (χ0v) is 12.3. The van der Waals surface area contributed by atoms with Crippen LogP contribution in [0.3, 0.4) is 0 Å². The Morgan fingerprint density at radius 3 is 2.28 bits per heavy atom. The van der Waals surface area contributed by atoms with Crippen molar-refractivity contribution in [2.45, 2.75) is 20.8 Å². The Balaban J connectivity index is 0. The molecule has 0 unspecified atom stereocenters. The number of carboxylic acid groups (broad SMARTS) is 1. The lowest BCUT2D eigenvalue weighted by Gasteiger charge is -2.22. The molecule has 18 heavy (non-hydrogen) atoms. The maximum absolute atomic E-state index is 10.3. The van der Waals surface area contributed by atoms with E-state index in [-0.39, 0.29) is 6.54 Å². The van der Waals surface area contributed by atoms with Crippen molar-refractivity contribution in [3.63, 3.8) is 0 Å². The molecule has 0 spiro atoms. The van der Waals surface area contributed by atoms with Gasteiger partial charge in [0.1, 0.15) is 0 Å². The predicted octanol–water partition coefficient (Wildman–Crippen LogP) is 0.784. The fourth-order valence-corrected chi connectivity index (χ4v) is 1.35. The average molecular weight is 259 g/mol. The van der Waals surface area contributed by atoms with E-state index >= 15 is 0 Å². The van der Waals surface area contributed by atoms with Crippen LogP contribution >= 0.6 is 0 Å². The van der Waals surface area contributed by atoms with Gasteiger partial charge in [-0.25, -0.2) is 0 Å². The summed E-state index contributed by atoms with van der Waals surface area (Å²) in [5.41, 5.74) is 1.12. The monoisotopic (exact) mass is 259 g/mol. The van der Waals surface area contributed by atoms with Gasteiger partial charge in [0.25, 0.3) is 0 Å². The third-order valence-corrected chi connectivity index (χ3v) is 2.05. The molecule has 108 valence electrons. The Morgan fingerprint density at radius 1 is 1.28 bits per heavy atom. The van der Waals surface area contributed by atoms with Gasteiger partial charge in [-0.2, -0.15) is 0 Å². The van der Waals surface area contributed by atoms with Crippen LogP contribution in [0.4, 0.5) is 0 Å². The van der Waals surface area contributed by atoms with Crippen LogP contribution in [0.1, 0.15) is 20.8 Å². The summed E-state index contributed by atoms with van der Waals surface area (Å²) in [4.78, 5) is 12.5. The molecular formula is C13H29N3O2. The van der Waals surface area contributed by atoms with E-state index in [4.69, 9.17) is 5.11 Å². The number of hydrogen-bond acceptors (Lipinski definition) is 4. The highest BCUT2D eigenvalue weighted by atomic mass is 16.4. The highest BCUT2D eigenvalue weighted by molar-refractivity contribution is 5.68. The van der Waals surface area contributed by atoms with Crippen molar-refractivity contribution in [3.8, 4) is 0 Å². The molecule has 5 nitrogen and oxygen atoms in total. The second-order valence-electron chi connectivity index (χ2n) is 3.91. The topological polar surface area (TPSA) is 64.6 Å². The van der Waals surface area contributed by atoms with Crippen LogP contribution in [0.2, 0.25) is 0 Å². The summed E-state index contributed by atoms with van der Waals surface area (Å²) in [6.45, 7) is 14.1. The Morgan fingerprint density at radius 2 is 1.83 bits per heavy atom. The van der Waals surface area contributed by atoms with Crippen molar-refractivity contribution >= 4 is 5.97 Å².